The second-order valence-electron chi connectivity index (χ2n) is 4.59. The third-order valence-corrected chi connectivity index (χ3v) is 3.04. The third-order valence-electron chi connectivity index (χ3n) is 2.84. The summed E-state index contributed by atoms with van der Waals surface area (Å²) in [5, 5.41) is 10.5. The number of hydrogen-bond acceptors (Lipinski definition) is 4. The molecule has 104 valence electrons. The van der Waals surface area contributed by atoms with Crippen LogP contribution in [0.2, 0.25) is 5.15 Å². The lowest BCUT2D eigenvalue weighted by atomic mass is 10.1. The number of aryl methyl sites for hydroxylation is 1. The maximum Gasteiger partial charge on any atom is 0.276 e. The molecule has 0 aliphatic carbocycles. The summed E-state index contributed by atoms with van der Waals surface area (Å²) in [5.74, 6) is -0.310. The highest BCUT2D eigenvalue weighted by Gasteiger charge is 2.10. The molecule has 0 unspecified atom stereocenters. The SMILES string of the molecule is Cc1cc(N(C)C)ccc1NC(=O)c1ccc(Cl)nn1. The fourth-order valence-corrected chi connectivity index (χ4v) is 1.79. The van der Waals surface area contributed by atoms with Gasteiger partial charge >= 0.3 is 0 Å². The van der Waals surface area contributed by atoms with E-state index in [-0.39, 0.29) is 16.8 Å². The highest BCUT2D eigenvalue weighted by Crippen LogP contribution is 2.21. The van der Waals surface area contributed by atoms with Crippen molar-refractivity contribution < 1.29 is 4.79 Å². The van der Waals surface area contributed by atoms with Gasteiger partial charge in [0, 0.05) is 25.5 Å². The van der Waals surface area contributed by atoms with E-state index in [1.54, 1.807) is 0 Å². The summed E-state index contributed by atoms with van der Waals surface area (Å²) in [5.41, 5.74) is 3.03. The molecule has 20 heavy (non-hydrogen) atoms. The maximum absolute atomic E-state index is 12.0. The Morgan fingerprint density at radius 1 is 1.20 bits per heavy atom. The first-order valence-electron chi connectivity index (χ1n) is 6.06. The lowest BCUT2D eigenvalue weighted by molar-refractivity contribution is 0.102. The van der Waals surface area contributed by atoms with Crippen LogP contribution in [-0.4, -0.2) is 30.2 Å². The number of carbonyl (C=O) groups is 1. The topological polar surface area (TPSA) is 58.1 Å². The molecular formula is C14H15ClN4O. The van der Waals surface area contributed by atoms with Gasteiger partial charge < -0.3 is 10.2 Å². The Morgan fingerprint density at radius 2 is 1.95 bits per heavy atom. The van der Waals surface area contributed by atoms with E-state index in [4.69, 9.17) is 11.6 Å². The zero-order chi connectivity index (χ0) is 14.7. The van der Waals surface area contributed by atoms with Gasteiger partial charge in [0.15, 0.2) is 10.8 Å². The van der Waals surface area contributed by atoms with E-state index in [9.17, 15) is 4.79 Å². The number of nitrogens with one attached hydrogen (secondary N) is 1. The predicted molar refractivity (Wildman–Crippen MR) is 80.5 cm³/mol. The molecule has 2 rings (SSSR count). The number of nitrogens with zero attached hydrogens (tertiary/aromatic N) is 3. The van der Waals surface area contributed by atoms with Crippen LogP contribution in [0.4, 0.5) is 11.4 Å². The van der Waals surface area contributed by atoms with Crippen LogP contribution >= 0.6 is 11.6 Å². The van der Waals surface area contributed by atoms with E-state index < -0.39 is 0 Å². The van der Waals surface area contributed by atoms with Crippen LogP contribution in [-0.2, 0) is 0 Å². The van der Waals surface area contributed by atoms with Crippen molar-refractivity contribution in [3.8, 4) is 0 Å². The molecule has 0 atom stereocenters. The van der Waals surface area contributed by atoms with Gasteiger partial charge in [-0.15, -0.1) is 10.2 Å². The van der Waals surface area contributed by atoms with E-state index in [0.29, 0.717) is 0 Å². The van der Waals surface area contributed by atoms with E-state index in [2.05, 4.69) is 15.5 Å². The molecule has 1 aromatic heterocycles. The Kier molecular flexibility index (Phi) is 4.20. The zero-order valence-corrected chi connectivity index (χ0v) is 12.3. The first kappa shape index (κ1) is 14.3. The van der Waals surface area contributed by atoms with Crippen molar-refractivity contribution in [3.63, 3.8) is 0 Å². The largest absolute Gasteiger partial charge is 0.378 e. The Labute approximate surface area is 122 Å². The fraction of sp³-hybridized carbons (Fsp3) is 0.214. The highest BCUT2D eigenvalue weighted by atomic mass is 35.5. The molecule has 0 fully saturated rings. The number of aromatic nitrogens is 2. The van der Waals surface area contributed by atoms with Gasteiger partial charge in [-0.1, -0.05) is 11.6 Å². The molecule has 0 bridgehead atoms. The molecule has 6 heteroatoms. The summed E-state index contributed by atoms with van der Waals surface area (Å²) >= 11 is 5.64. The summed E-state index contributed by atoms with van der Waals surface area (Å²) in [7, 11) is 3.94. The first-order valence-corrected chi connectivity index (χ1v) is 6.44. The Bertz CT molecular complexity index is 626. The molecule has 2 aromatic rings. The second kappa shape index (κ2) is 5.88. The molecule has 1 aromatic carbocycles. The minimum absolute atomic E-state index is 0.227. The number of rotatable bonds is 3. The summed E-state index contributed by atoms with van der Waals surface area (Å²) in [6.45, 7) is 1.94. The van der Waals surface area contributed by atoms with Crippen molar-refractivity contribution in [2.75, 3.05) is 24.3 Å². The van der Waals surface area contributed by atoms with Crippen LogP contribution in [0.3, 0.4) is 0 Å². The number of amides is 1. The van der Waals surface area contributed by atoms with Gasteiger partial charge in [0.25, 0.3) is 5.91 Å². The molecule has 0 saturated carbocycles. The Morgan fingerprint density at radius 3 is 2.50 bits per heavy atom. The Hall–Kier alpha value is -2.14. The summed E-state index contributed by atoms with van der Waals surface area (Å²) in [6, 6.07) is 8.88. The van der Waals surface area contributed by atoms with Crippen molar-refractivity contribution in [3.05, 3.63) is 46.7 Å². The zero-order valence-electron chi connectivity index (χ0n) is 11.5. The minimum Gasteiger partial charge on any atom is -0.378 e. The second-order valence-corrected chi connectivity index (χ2v) is 4.98. The first-order chi connectivity index (χ1) is 9.47. The van der Waals surface area contributed by atoms with Crippen LogP contribution in [0, 0.1) is 6.92 Å². The van der Waals surface area contributed by atoms with Gasteiger partial charge in [-0.05, 0) is 42.8 Å². The fourth-order valence-electron chi connectivity index (χ4n) is 1.69. The van der Waals surface area contributed by atoms with Gasteiger partial charge in [-0.2, -0.15) is 0 Å². The van der Waals surface area contributed by atoms with Crippen LogP contribution in [0.5, 0.6) is 0 Å². The number of halogens is 1. The van der Waals surface area contributed by atoms with Gasteiger partial charge in [0.1, 0.15) is 0 Å². The van der Waals surface area contributed by atoms with Gasteiger partial charge in [0.2, 0.25) is 0 Å². The number of benzene rings is 1. The molecular weight excluding hydrogens is 276 g/mol. The minimum atomic E-state index is -0.310. The third kappa shape index (κ3) is 3.24. The summed E-state index contributed by atoms with van der Waals surface area (Å²) in [4.78, 5) is 14.0. The molecule has 0 radical (unpaired) electrons. The lowest BCUT2D eigenvalue weighted by Crippen LogP contribution is -2.15. The van der Waals surface area contributed by atoms with Crippen molar-refractivity contribution in [2.45, 2.75) is 6.92 Å². The van der Waals surface area contributed by atoms with Crippen LogP contribution in [0.25, 0.3) is 0 Å². The van der Waals surface area contributed by atoms with Crippen molar-refractivity contribution in [1.82, 2.24) is 10.2 Å². The quantitative estimate of drug-likeness (QED) is 0.944. The molecule has 1 N–H and O–H groups in total. The van der Waals surface area contributed by atoms with Gasteiger partial charge in [-0.25, -0.2) is 0 Å². The van der Waals surface area contributed by atoms with Crippen molar-refractivity contribution >= 4 is 28.9 Å². The van der Waals surface area contributed by atoms with Crippen LogP contribution < -0.4 is 10.2 Å². The van der Waals surface area contributed by atoms with E-state index in [0.717, 1.165) is 16.9 Å². The molecule has 1 amide bonds. The highest BCUT2D eigenvalue weighted by molar-refractivity contribution is 6.29. The van der Waals surface area contributed by atoms with Crippen LogP contribution in [0.1, 0.15) is 16.1 Å². The molecule has 5 nitrogen and oxygen atoms in total. The van der Waals surface area contributed by atoms with Crippen LogP contribution in [0.15, 0.2) is 30.3 Å². The standard InChI is InChI=1S/C14H15ClN4O/c1-9-8-10(19(2)3)4-5-11(9)16-14(20)12-6-7-13(15)18-17-12/h4-8H,1-3H3,(H,16,20). The van der Waals surface area contributed by atoms with Crippen molar-refractivity contribution in [1.29, 1.82) is 0 Å². The average molecular weight is 291 g/mol. The monoisotopic (exact) mass is 290 g/mol. The summed E-state index contributed by atoms with van der Waals surface area (Å²) in [6.07, 6.45) is 0. The van der Waals surface area contributed by atoms with Crippen molar-refractivity contribution in [2.24, 2.45) is 0 Å². The van der Waals surface area contributed by atoms with Gasteiger partial charge in [0.05, 0.1) is 0 Å². The molecule has 0 spiro atoms. The number of hydrogen-bond donors (Lipinski definition) is 1. The number of carbonyl (C=O) groups excluding carboxylic acids is 1. The predicted octanol–water partition coefficient (Wildman–Crippen LogP) is 2.76. The van der Waals surface area contributed by atoms with Gasteiger partial charge in [-0.3, -0.25) is 4.79 Å². The lowest BCUT2D eigenvalue weighted by Gasteiger charge is -2.15. The van der Waals surface area contributed by atoms with E-state index in [1.807, 2.05) is 44.1 Å². The number of anilines is 2. The summed E-state index contributed by atoms with van der Waals surface area (Å²) < 4.78 is 0. The smallest absolute Gasteiger partial charge is 0.276 e. The normalized spacial score (nSPS) is 10.2. The molecule has 0 aliphatic heterocycles. The maximum atomic E-state index is 12.0. The van der Waals surface area contributed by atoms with E-state index >= 15 is 0 Å². The molecule has 1 heterocycles. The Balaban J connectivity index is 2.17. The molecule has 0 saturated heterocycles. The molecule has 0 aliphatic rings. The van der Waals surface area contributed by atoms with E-state index in [1.165, 1.54) is 12.1 Å². The average Bonchev–Trinajstić information content (AvgIpc) is 2.41.